The predicted octanol–water partition coefficient (Wildman–Crippen LogP) is 3.03. The summed E-state index contributed by atoms with van der Waals surface area (Å²) in [4.78, 5) is 2.27. The number of hydrogen-bond donors (Lipinski definition) is 1. The Bertz CT molecular complexity index is 371. The fraction of sp³-hybridized carbons (Fsp3) is 0.571. The van der Waals surface area contributed by atoms with Gasteiger partial charge in [-0.2, -0.15) is 0 Å². The summed E-state index contributed by atoms with van der Waals surface area (Å²) in [6.07, 6.45) is 0. The Labute approximate surface area is 119 Å². The second kappa shape index (κ2) is 7.77. The van der Waals surface area contributed by atoms with Gasteiger partial charge in [-0.15, -0.1) is 0 Å². The Morgan fingerprint density at radius 2 is 2.17 bits per heavy atom. The number of benzene rings is 1. The molecule has 0 heterocycles. The van der Waals surface area contributed by atoms with Gasteiger partial charge < -0.3 is 15.0 Å². The molecule has 1 unspecified atom stereocenters. The van der Waals surface area contributed by atoms with Crippen LogP contribution in [0.3, 0.4) is 0 Å². The average Bonchev–Trinajstić information content (AvgIpc) is 2.36. The Kier molecular flexibility index (Phi) is 6.68. The highest BCUT2D eigenvalue weighted by Gasteiger charge is 2.13. The number of nitrogens with one attached hydrogen (secondary N) is 1. The lowest BCUT2D eigenvalue weighted by Gasteiger charge is -2.28. The topological polar surface area (TPSA) is 24.5 Å². The third kappa shape index (κ3) is 4.26. The van der Waals surface area contributed by atoms with E-state index in [9.17, 15) is 0 Å². The molecule has 0 saturated heterocycles. The molecule has 4 heteroatoms. The van der Waals surface area contributed by atoms with Crippen LogP contribution in [0.1, 0.15) is 19.4 Å². The van der Waals surface area contributed by atoms with Gasteiger partial charge in [-0.25, -0.2) is 0 Å². The van der Waals surface area contributed by atoms with E-state index < -0.39 is 0 Å². The van der Waals surface area contributed by atoms with Gasteiger partial charge in [-0.05, 0) is 37.2 Å². The number of ether oxygens (including phenoxy) is 1. The highest BCUT2D eigenvalue weighted by atomic mass is 79.9. The molecular formula is C14H23BrN2O. The van der Waals surface area contributed by atoms with Gasteiger partial charge in [0, 0.05) is 36.9 Å². The zero-order valence-electron chi connectivity index (χ0n) is 11.7. The van der Waals surface area contributed by atoms with Crippen molar-refractivity contribution in [1.82, 2.24) is 5.32 Å². The maximum Gasteiger partial charge on any atom is 0.0663 e. The predicted molar refractivity (Wildman–Crippen MR) is 81.3 cm³/mol. The second-order valence-electron chi connectivity index (χ2n) is 4.47. The molecule has 102 valence electrons. The Hall–Kier alpha value is -0.580. The van der Waals surface area contributed by atoms with Crippen molar-refractivity contribution >= 4 is 21.6 Å². The van der Waals surface area contributed by atoms with Crippen molar-refractivity contribution in [2.45, 2.75) is 26.4 Å². The number of halogens is 1. The highest BCUT2D eigenvalue weighted by Crippen LogP contribution is 2.25. The molecule has 0 aromatic heterocycles. The summed E-state index contributed by atoms with van der Waals surface area (Å²) in [6, 6.07) is 6.77. The minimum atomic E-state index is 0.358. The van der Waals surface area contributed by atoms with Crippen LogP contribution in [0.15, 0.2) is 22.7 Å². The Morgan fingerprint density at radius 1 is 1.44 bits per heavy atom. The first-order chi connectivity index (χ1) is 8.60. The lowest BCUT2D eigenvalue weighted by Crippen LogP contribution is -2.33. The van der Waals surface area contributed by atoms with E-state index >= 15 is 0 Å². The Balaban J connectivity index is 2.91. The largest absolute Gasteiger partial charge is 0.383 e. The SMILES string of the molecule is CCNCc1cc(Br)ccc1N(C)C(C)COC. The molecule has 18 heavy (non-hydrogen) atoms. The maximum absolute atomic E-state index is 5.22. The van der Waals surface area contributed by atoms with E-state index in [0.29, 0.717) is 6.04 Å². The van der Waals surface area contributed by atoms with Crippen molar-refractivity contribution in [2.75, 3.05) is 32.2 Å². The smallest absolute Gasteiger partial charge is 0.0663 e. The highest BCUT2D eigenvalue weighted by molar-refractivity contribution is 9.10. The average molecular weight is 315 g/mol. The molecule has 0 aliphatic carbocycles. The van der Waals surface area contributed by atoms with E-state index in [-0.39, 0.29) is 0 Å². The first-order valence-electron chi connectivity index (χ1n) is 6.31. The minimum absolute atomic E-state index is 0.358. The maximum atomic E-state index is 5.22. The summed E-state index contributed by atoms with van der Waals surface area (Å²) in [5.74, 6) is 0. The van der Waals surface area contributed by atoms with Crippen molar-refractivity contribution in [1.29, 1.82) is 0 Å². The molecule has 1 N–H and O–H groups in total. The van der Waals surface area contributed by atoms with Gasteiger partial charge in [0.1, 0.15) is 0 Å². The van der Waals surface area contributed by atoms with Crippen LogP contribution >= 0.6 is 15.9 Å². The molecule has 0 aliphatic rings. The van der Waals surface area contributed by atoms with Crippen LogP contribution < -0.4 is 10.2 Å². The van der Waals surface area contributed by atoms with Crippen LogP contribution in [0, 0.1) is 0 Å². The van der Waals surface area contributed by atoms with Crippen molar-refractivity contribution < 1.29 is 4.74 Å². The van der Waals surface area contributed by atoms with Crippen LogP contribution in [0.2, 0.25) is 0 Å². The minimum Gasteiger partial charge on any atom is -0.383 e. The first-order valence-corrected chi connectivity index (χ1v) is 7.10. The third-order valence-electron chi connectivity index (χ3n) is 3.06. The standard InChI is InChI=1S/C14H23BrN2O/c1-5-16-9-12-8-13(15)6-7-14(12)17(3)11(2)10-18-4/h6-8,11,16H,5,9-10H2,1-4H3. The van der Waals surface area contributed by atoms with Gasteiger partial charge >= 0.3 is 0 Å². The lowest BCUT2D eigenvalue weighted by atomic mass is 10.1. The molecule has 3 nitrogen and oxygen atoms in total. The van der Waals surface area contributed by atoms with E-state index in [1.807, 2.05) is 0 Å². The van der Waals surface area contributed by atoms with Crippen LogP contribution in [0.25, 0.3) is 0 Å². The summed E-state index contributed by atoms with van der Waals surface area (Å²) in [7, 11) is 3.86. The lowest BCUT2D eigenvalue weighted by molar-refractivity contribution is 0.183. The van der Waals surface area contributed by atoms with E-state index in [2.05, 4.69) is 65.2 Å². The third-order valence-corrected chi connectivity index (χ3v) is 3.55. The number of rotatable bonds is 7. The van der Waals surface area contributed by atoms with Gasteiger partial charge in [0.15, 0.2) is 0 Å². The van der Waals surface area contributed by atoms with Gasteiger partial charge in [-0.3, -0.25) is 0 Å². The van der Waals surface area contributed by atoms with E-state index in [1.54, 1.807) is 7.11 Å². The molecule has 1 aromatic rings. The van der Waals surface area contributed by atoms with Crippen molar-refractivity contribution in [3.63, 3.8) is 0 Å². The molecule has 0 saturated carbocycles. The van der Waals surface area contributed by atoms with Crippen molar-refractivity contribution in [3.8, 4) is 0 Å². The van der Waals surface area contributed by atoms with Crippen molar-refractivity contribution in [3.05, 3.63) is 28.2 Å². The normalized spacial score (nSPS) is 12.5. The Morgan fingerprint density at radius 3 is 2.78 bits per heavy atom. The number of nitrogens with zero attached hydrogens (tertiary/aromatic N) is 1. The quantitative estimate of drug-likeness (QED) is 0.837. The molecule has 0 bridgehead atoms. The van der Waals surface area contributed by atoms with Crippen LogP contribution in [-0.2, 0) is 11.3 Å². The summed E-state index contributed by atoms with van der Waals surface area (Å²) in [5.41, 5.74) is 2.56. The summed E-state index contributed by atoms with van der Waals surface area (Å²) < 4.78 is 6.34. The molecular weight excluding hydrogens is 292 g/mol. The molecule has 1 atom stereocenters. The first kappa shape index (κ1) is 15.5. The molecule has 0 amide bonds. The summed E-state index contributed by atoms with van der Waals surface area (Å²) >= 11 is 3.53. The van der Waals surface area contributed by atoms with Gasteiger partial charge in [0.05, 0.1) is 6.61 Å². The zero-order chi connectivity index (χ0) is 13.5. The number of hydrogen-bond acceptors (Lipinski definition) is 3. The second-order valence-corrected chi connectivity index (χ2v) is 5.38. The summed E-state index contributed by atoms with van der Waals surface area (Å²) in [6.45, 7) is 6.88. The van der Waals surface area contributed by atoms with E-state index in [1.165, 1.54) is 11.3 Å². The van der Waals surface area contributed by atoms with Crippen LogP contribution in [-0.4, -0.2) is 33.4 Å². The van der Waals surface area contributed by atoms with Gasteiger partial charge in [0.2, 0.25) is 0 Å². The van der Waals surface area contributed by atoms with Crippen LogP contribution in [0.4, 0.5) is 5.69 Å². The molecule has 1 aromatic carbocycles. The van der Waals surface area contributed by atoms with E-state index in [0.717, 1.165) is 24.2 Å². The molecule has 0 spiro atoms. The zero-order valence-corrected chi connectivity index (χ0v) is 13.3. The number of likely N-dealkylation sites (N-methyl/N-ethyl adjacent to an activating group) is 1. The fourth-order valence-corrected chi connectivity index (χ4v) is 2.30. The number of methoxy groups -OCH3 is 1. The summed E-state index contributed by atoms with van der Waals surface area (Å²) in [5, 5.41) is 3.38. The van der Waals surface area contributed by atoms with Gasteiger partial charge in [0.25, 0.3) is 0 Å². The van der Waals surface area contributed by atoms with E-state index in [4.69, 9.17) is 4.74 Å². The molecule has 0 radical (unpaired) electrons. The molecule has 0 fully saturated rings. The fourth-order valence-electron chi connectivity index (χ4n) is 1.89. The monoisotopic (exact) mass is 314 g/mol. The van der Waals surface area contributed by atoms with Crippen molar-refractivity contribution in [2.24, 2.45) is 0 Å². The molecule has 1 rings (SSSR count). The van der Waals surface area contributed by atoms with Gasteiger partial charge in [-0.1, -0.05) is 22.9 Å². The van der Waals surface area contributed by atoms with Crippen LogP contribution in [0.5, 0.6) is 0 Å². The number of anilines is 1. The molecule has 0 aliphatic heterocycles.